The molecule has 4 heteroatoms. The normalized spacial score (nSPS) is 19.9. The van der Waals surface area contributed by atoms with Crippen LogP contribution in [0.3, 0.4) is 0 Å². The Kier molecular flexibility index (Phi) is 5.54. The fourth-order valence-electron chi connectivity index (χ4n) is 3.64. The van der Waals surface area contributed by atoms with Crippen LogP contribution in [-0.2, 0) is 0 Å². The smallest absolute Gasteiger partial charge is 0.253 e. The van der Waals surface area contributed by atoms with E-state index in [1.165, 1.54) is 12.8 Å². The number of carbonyl (C=O) groups excluding carboxylic acids is 2. The van der Waals surface area contributed by atoms with Crippen molar-refractivity contribution in [1.29, 1.82) is 0 Å². The van der Waals surface area contributed by atoms with Gasteiger partial charge in [-0.25, -0.2) is 0 Å². The van der Waals surface area contributed by atoms with Crippen molar-refractivity contribution in [2.24, 2.45) is 5.92 Å². The van der Waals surface area contributed by atoms with E-state index in [2.05, 4.69) is 6.92 Å². The summed E-state index contributed by atoms with van der Waals surface area (Å²) >= 11 is 0. The molecule has 3 rings (SSSR count). The Balaban J connectivity index is 1.71. The molecule has 1 aromatic carbocycles. The number of hydrogen-bond donors (Lipinski definition) is 0. The number of carbonyl (C=O) groups is 2. The van der Waals surface area contributed by atoms with Gasteiger partial charge in [-0.3, -0.25) is 9.59 Å². The lowest BCUT2D eigenvalue weighted by molar-refractivity contribution is 0.0697. The second-order valence-corrected chi connectivity index (χ2v) is 7.26. The minimum absolute atomic E-state index is 0.0624. The summed E-state index contributed by atoms with van der Waals surface area (Å²) < 4.78 is 0. The maximum atomic E-state index is 12.7. The third-order valence-corrected chi connectivity index (χ3v) is 5.32. The Morgan fingerprint density at radius 2 is 1.33 bits per heavy atom. The van der Waals surface area contributed by atoms with Gasteiger partial charge in [0.1, 0.15) is 0 Å². The quantitative estimate of drug-likeness (QED) is 0.832. The number of hydrogen-bond acceptors (Lipinski definition) is 2. The van der Waals surface area contributed by atoms with Crippen LogP contribution in [0.25, 0.3) is 0 Å². The summed E-state index contributed by atoms with van der Waals surface area (Å²) in [5.74, 6) is 0.830. The van der Waals surface area contributed by atoms with Crippen molar-refractivity contribution in [3.05, 3.63) is 35.4 Å². The van der Waals surface area contributed by atoms with Gasteiger partial charge in [-0.1, -0.05) is 25.8 Å². The molecule has 130 valence electrons. The fourth-order valence-corrected chi connectivity index (χ4v) is 3.64. The number of likely N-dealkylation sites (tertiary alicyclic amines) is 2. The molecule has 2 amide bonds. The van der Waals surface area contributed by atoms with Gasteiger partial charge >= 0.3 is 0 Å². The highest BCUT2D eigenvalue weighted by Gasteiger charge is 2.23. The SMILES string of the molecule is CC1CCN(C(=O)c2cccc(C(=O)N3CCCCCC3)c2)CC1. The molecular formula is C20H28N2O2. The molecule has 0 atom stereocenters. The molecule has 0 aromatic heterocycles. The first-order valence-corrected chi connectivity index (χ1v) is 9.34. The molecular weight excluding hydrogens is 300 g/mol. The summed E-state index contributed by atoms with van der Waals surface area (Å²) in [4.78, 5) is 29.3. The third kappa shape index (κ3) is 3.97. The van der Waals surface area contributed by atoms with Crippen molar-refractivity contribution in [2.45, 2.75) is 45.4 Å². The van der Waals surface area contributed by atoms with Crippen molar-refractivity contribution in [1.82, 2.24) is 9.80 Å². The van der Waals surface area contributed by atoms with Crippen molar-refractivity contribution in [2.75, 3.05) is 26.2 Å². The molecule has 4 nitrogen and oxygen atoms in total. The molecule has 0 radical (unpaired) electrons. The van der Waals surface area contributed by atoms with Gasteiger partial charge in [0.2, 0.25) is 0 Å². The highest BCUT2D eigenvalue weighted by Crippen LogP contribution is 2.19. The fraction of sp³-hybridized carbons (Fsp3) is 0.600. The molecule has 0 aliphatic carbocycles. The second kappa shape index (κ2) is 7.82. The zero-order valence-corrected chi connectivity index (χ0v) is 14.7. The van der Waals surface area contributed by atoms with Crippen LogP contribution in [-0.4, -0.2) is 47.8 Å². The third-order valence-electron chi connectivity index (χ3n) is 5.32. The van der Waals surface area contributed by atoms with Crippen LogP contribution >= 0.6 is 0 Å². The summed E-state index contributed by atoms with van der Waals surface area (Å²) in [6.45, 7) is 5.55. The first-order valence-electron chi connectivity index (χ1n) is 9.34. The Hall–Kier alpha value is -1.84. The average molecular weight is 328 g/mol. The average Bonchev–Trinajstić information content (AvgIpc) is 2.90. The van der Waals surface area contributed by atoms with E-state index in [9.17, 15) is 9.59 Å². The Morgan fingerprint density at radius 3 is 1.88 bits per heavy atom. The van der Waals surface area contributed by atoms with Crippen LogP contribution in [0, 0.1) is 5.92 Å². The highest BCUT2D eigenvalue weighted by molar-refractivity contribution is 5.99. The highest BCUT2D eigenvalue weighted by atomic mass is 16.2. The van der Waals surface area contributed by atoms with E-state index in [0.29, 0.717) is 17.0 Å². The zero-order valence-electron chi connectivity index (χ0n) is 14.7. The van der Waals surface area contributed by atoms with Gasteiger partial charge in [0.25, 0.3) is 11.8 Å². The largest absolute Gasteiger partial charge is 0.339 e. The summed E-state index contributed by atoms with van der Waals surface area (Å²) in [7, 11) is 0. The number of benzene rings is 1. The van der Waals surface area contributed by atoms with Crippen LogP contribution < -0.4 is 0 Å². The van der Waals surface area contributed by atoms with E-state index >= 15 is 0 Å². The van der Waals surface area contributed by atoms with Gasteiger partial charge < -0.3 is 9.80 Å². The lowest BCUT2D eigenvalue weighted by Gasteiger charge is -2.30. The number of nitrogens with zero attached hydrogens (tertiary/aromatic N) is 2. The van der Waals surface area contributed by atoms with Crippen molar-refractivity contribution < 1.29 is 9.59 Å². The van der Waals surface area contributed by atoms with E-state index in [1.807, 2.05) is 28.0 Å². The van der Waals surface area contributed by atoms with Gasteiger partial charge in [0.15, 0.2) is 0 Å². The van der Waals surface area contributed by atoms with Gasteiger partial charge in [-0.05, 0) is 49.8 Å². The zero-order chi connectivity index (χ0) is 16.9. The summed E-state index contributed by atoms with van der Waals surface area (Å²) in [5.41, 5.74) is 1.29. The lowest BCUT2D eigenvalue weighted by atomic mass is 9.98. The van der Waals surface area contributed by atoms with Gasteiger partial charge in [0, 0.05) is 37.3 Å². The van der Waals surface area contributed by atoms with Crippen LogP contribution in [0.5, 0.6) is 0 Å². The van der Waals surface area contributed by atoms with E-state index in [-0.39, 0.29) is 11.8 Å². The van der Waals surface area contributed by atoms with Gasteiger partial charge in [-0.15, -0.1) is 0 Å². The van der Waals surface area contributed by atoms with E-state index in [1.54, 1.807) is 6.07 Å². The van der Waals surface area contributed by atoms with Crippen LogP contribution in [0.1, 0.15) is 66.2 Å². The molecule has 0 spiro atoms. The van der Waals surface area contributed by atoms with Crippen LogP contribution in [0.4, 0.5) is 0 Å². The Bertz CT molecular complexity index is 583. The van der Waals surface area contributed by atoms with Crippen LogP contribution in [0.2, 0.25) is 0 Å². The first kappa shape index (κ1) is 17.0. The number of piperidine rings is 1. The van der Waals surface area contributed by atoms with Gasteiger partial charge in [0.05, 0.1) is 0 Å². The molecule has 0 saturated carbocycles. The molecule has 1 aromatic rings. The standard InChI is InChI=1S/C20H28N2O2/c1-16-9-13-22(14-10-16)20(24)18-8-6-7-17(15-18)19(23)21-11-4-2-3-5-12-21/h6-8,15-16H,2-5,9-14H2,1H3. The number of amides is 2. The van der Waals surface area contributed by atoms with E-state index < -0.39 is 0 Å². The minimum Gasteiger partial charge on any atom is -0.339 e. The Labute approximate surface area is 144 Å². The van der Waals surface area contributed by atoms with E-state index in [4.69, 9.17) is 0 Å². The Morgan fingerprint density at radius 1 is 0.833 bits per heavy atom. The minimum atomic E-state index is 0.0624. The summed E-state index contributed by atoms with van der Waals surface area (Å²) in [6, 6.07) is 7.29. The second-order valence-electron chi connectivity index (χ2n) is 7.26. The molecule has 0 N–H and O–H groups in total. The molecule has 2 heterocycles. The summed E-state index contributed by atoms with van der Waals surface area (Å²) in [5, 5.41) is 0. The van der Waals surface area contributed by atoms with Crippen molar-refractivity contribution >= 4 is 11.8 Å². The molecule has 2 saturated heterocycles. The number of rotatable bonds is 2. The monoisotopic (exact) mass is 328 g/mol. The predicted molar refractivity (Wildman–Crippen MR) is 95.1 cm³/mol. The van der Waals surface area contributed by atoms with Crippen molar-refractivity contribution in [3.63, 3.8) is 0 Å². The lowest BCUT2D eigenvalue weighted by Crippen LogP contribution is -2.38. The van der Waals surface area contributed by atoms with Crippen molar-refractivity contribution in [3.8, 4) is 0 Å². The topological polar surface area (TPSA) is 40.6 Å². The maximum absolute atomic E-state index is 12.7. The maximum Gasteiger partial charge on any atom is 0.253 e. The van der Waals surface area contributed by atoms with Crippen LogP contribution in [0.15, 0.2) is 24.3 Å². The molecule has 24 heavy (non-hydrogen) atoms. The predicted octanol–water partition coefficient (Wildman–Crippen LogP) is 3.57. The molecule has 0 bridgehead atoms. The molecule has 2 aliphatic heterocycles. The first-order chi connectivity index (χ1) is 11.6. The molecule has 2 fully saturated rings. The molecule has 0 unspecified atom stereocenters. The van der Waals surface area contributed by atoms with E-state index in [0.717, 1.165) is 51.9 Å². The van der Waals surface area contributed by atoms with Gasteiger partial charge in [-0.2, -0.15) is 0 Å². The molecule has 2 aliphatic rings. The summed E-state index contributed by atoms with van der Waals surface area (Å²) in [6.07, 6.45) is 6.70.